The van der Waals surface area contributed by atoms with Crippen molar-refractivity contribution in [3.05, 3.63) is 53.9 Å². The first kappa shape index (κ1) is 13.9. The van der Waals surface area contributed by atoms with Gasteiger partial charge in [0.25, 0.3) is 0 Å². The van der Waals surface area contributed by atoms with Crippen molar-refractivity contribution in [2.75, 3.05) is 13.2 Å². The van der Waals surface area contributed by atoms with Crippen LogP contribution in [0.5, 0.6) is 11.5 Å². The molecule has 0 amide bonds. The normalized spacial score (nSPS) is 16.3. The fraction of sp³-hybridized carbons (Fsp3) is 0.353. The summed E-state index contributed by atoms with van der Waals surface area (Å²) in [6.45, 7) is 5.53. The first-order valence-corrected chi connectivity index (χ1v) is 7.29. The minimum Gasteiger partial charge on any atom is -0.486 e. The van der Waals surface area contributed by atoms with E-state index in [0.717, 1.165) is 11.5 Å². The third-order valence-corrected chi connectivity index (χ3v) is 3.75. The number of hydrogen-bond acceptors (Lipinski definition) is 4. The highest BCUT2D eigenvalue weighted by Gasteiger charge is 2.16. The average molecular weight is 284 g/mol. The van der Waals surface area contributed by atoms with Crippen molar-refractivity contribution in [3.63, 3.8) is 0 Å². The largest absolute Gasteiger partial charge is 0.486 e. The van der Waals surface area contributed by atoms with Crippen LogP contribution < -0.4 is 14.8 Å². The van der Waals surface area contributed by atoms with Crippen LogP contribution in [-0.2, 0) is 0 Å². The maximum Gasteiger partial charge on any atom is 0.161 e. The number of ether oxygens (including phenoxy) is 2. The number of nitrogens with zero attached hydrogens (tertiary/aromatic N) is 1. The fourth-order valence-corrected chi connectivity index (χ4v) is 2.53. The van der Waals surface area contributed by atoms with Crippen LogP contribution in [0.4, 0.5) is 0 Å². The summed E-state index contributed by atoms with van der Waals surface area (Å²) in [5.74, 6) is 1.67. The second kappa shape index (κ2) is 6.14. The van der Waals surface area contributed by atoms with Gasteiger partial charge < -0.3 is 14.8 Å². The topological polar surface area (TPSA) is 43.4 Å². The molecule has 2 heterocycles. The third kappa shape index (κ3) is 3.16. The van der Waals surface area contributed by atoms with Crippen molar-refractivity contribution in [1.29, 1.82) is 0 Å². The van der Waals surface area contributed by atoms with Crippen LogP contribution in [0.3, 0.4) is 0 Å². The summed E-state index contributed by atoms with van der Waals surface area (Å²) in [6.07, 6.45) is 3.69. The SMILES string of the molecule is CC(NC(C)c1ccc2c(c1)OCCO2)c1cccnc1. The number of rotatable bonds is 4. The number of fused-ring (bicyclic) bond motifs is 1. The molecular weight excluding hydrogens is 264 g/mol. The molecule has 3 rings (SSSR count). The second-order valence-electron chi connectivity index (χ2n) is 5.30. The highest BCUT2D eigenvalue weighted by molar-refractivity contribution is 5.44. The van der Waals surface area contributed by atoms with Gasteiger partial charge in [-0.15, -0.1) is 0 Å². The molecule has 1 aromatic heterocycles. The van der Waals surface area contributed by atoms with Gasteiger partial charge in [0.15, 0.2) is 11.5 Å². The Morgan fingerprint density at radius 1 is 1.00 bits per heavy atom. The molecule has 0 aliphatic carbocycles. The minimum absolute atomic E-state index is 0.219. The molecule has 1 N–H and O–H groups in total. The number of benzene rings is 1. The zero-order chi connectivity index (χ0) is 14.7. The van der Waals surface area contributed by atoms with Gasteiger partial charge in [-0.1, -0.05) is 12.1 Å². The summed E-state index contributed by atoms with van der Waals surface area (Å²) >= 11 is 0. The molecule has 2 atom stereocenters. The maximum absolute atomic E-state index is 5.64. The van der Waals surface area contributed by atoms with Gasteiger partial charge in [-0.3, -0.25) is 4.98 Å². The monoisotopic (exact) mass is 284 g/mol. The summed E-state index contributed by atoms with van der Waals surface area (Å²) in [5.41, 5.74) is 2.37. The second-order valence-corrected chi connectivity index (χ2v) is 5.30. The van der Waals surface area contributed by atoms with E-state index in [4.69, 9.17) is 9.47 Å². The standard InChI is InChI=1S/C17H20N2O2/c1-12(19-13(2)15-4-3-7-18-11-15)14-5-6-16-17(10-14)21-9-8-20-16/h3-7,10-13,19H,8-9H2,1-2H3. The van der Waals surface area contributed by atoms with Crippen molar-refractivity contribution < 1.29 is 9.47 Å². The molecule has 1 aromatic carbocycles. The van der Waals surface area contributed by atoms with E-state index in [2.05, 4.69) is 42.3 Å². The average Bonchev–Trinajstić information content (AvgIpc) is 2.55. The summed E-state index contributed by atoms with van der Waals surface area (Å²) < 4.78 is 11.2. The predicted octanol–water partition coefficient (Wildman–Crippen LogP) is 3.26. The van der Waals surface area contributed by atoms with Gasteiger partial charge in [0.1, 0.15) is 13.2 Å². The quantitative estimate of drug-likeness (QED) is 0.936. The van der Waals surface area contributed by atoms with E-state index < -0.39 is 0 Å². The third-order valence-electron chi connectivity index (χ3n) is 3.75. The van der Waals surface area contributed by atoms with Gasteiger partial charge >= 0.3 is 0 Å². The Bertz CT molecular complexity index is 601. The van der Waals surface area contributed by atoms with Gasteiger partial charge in [0.2, 0.25) is 0 Å². The summed E-state index contributed by atoms with van der Waals surface area (Å²) in [6, 6.07) is 10.6. The highest BCUT2D eigenvalue weighted by Crippen LogP contribution is 2.33. The van der Waals surface area contributed by atoms with Crippen molar-refractivity contribution in [1.82, 2.24) is 10.3 Å². The first-order valence-electron chi connectivity index (χ1n) is 7.29. The molecule has 0 saturated heterocycles. The van der Waals surface area contributed by atoms with Crippen LogP contribution in [-0.4, -0.2) is 18.2 Å². The van der Waals surface area contributed by atoms with Gasteiger partial charge in [0.05, 0.1) is 0 Å². The van der Waals surface area contributed by atoms with Crippen LogP contribution >= 0.6 is 0 Å². The molecule has 0 spiro atoms. The lowest BCUT2D eigenvalue weighted by atomic mass is 10.0. The van der Waals surface area contributed by atoms with Crippen LogP contribution in [0.2, 0.25) is 0 Å². The Morgan fingerprint density at radius 3 is 2.52 bits per heavy atom. The lowest BCUT2D eigenvalue weighted by Crippen LogP contribution is -2.23. The summed E-state index contributed by atoms with van der Waals surface area (Å²) in [7, 11) is 0. The van der Waals surface area contributed by atoms with E-state index in [1.165, 1.54) is 11.1 Å². The lowest BCUT2D eigenvalue weighted by Gasteiger charge is -2.23. The maximum atomic E-state index is 5.64. The molecule has 1 aliphatic heterocycles. The molecule has 0 radical (unpaired) electrons. The molecule has 0 fully saturated rings. The van der Waals surface area contributed by atoms with Crippen LogP contribution in [0.15, 0.2) is 42.7 Å². The van der Waals surface area contributed by atoms with Gasteiger partial charge in [-0.05, 0) is 43.2 Å². The van der Waals surface area contributed by atoms with Crippen molar-refractivity contribution in [2.24, 2.45) is 0 Å². The number of pyridine rings is 1. The van der Waals surface area contributed by atoms with Crippen LogP contribution in [0.1, 0.15) is 37.1 Å². The zero-order valence-electron chi connectivity index (χ0n) is 12.4. The van der Waals surface area contributed by atoms with E-state index in [1.807, 2.05) is 18.3 Å². The Hall–Kier alpha value is -2.07. The Kier molecular flexibility index (Phi) is 4.06. The van der Waals surface area contributed by atoms with E-state index >= 15 is 0 Å². The molecule has 0 saturated carbocycles. The molecule has 21 heavy (non-hydrogen) atoms. The molecule has 0 bridgehead atoms. The number of hydrogen-bond donors (Lipinski definition) is 1. The van der Waals surface area contributed by atoms with E-state index in [0.29, 0.717) is 13.2 Å². The van der Waals surface area contributed by atoms with Crippen LogP contribution in [0.25, 0.3) is 0 Å². The predicted molar refractivity (Wildman–Crippen MR) is 81.6 cm³/mol. The fourth-order valence-electron chi connectivity index (χ4n) is 2.53. The Morgan fingerprint density at radius 2 is 1.76 bits per heavy atom. The number of nitrogens with one attached hydrogen (secondary N) is 1. The molecule has 2 aromatic rings. The number of aromatic nitrogens is 1. The molecular formula is C17H20N2O2. The van der Waals surface area contributed by atoms with Gasteiger partial charge in [-0.2, -0.15) is 0 Å². The zero-order valence-corrected chi connectivity index (χ0v) is 12.4. The Balaban J connectivity index is 1.72. The summed E-state index contributed by atoms with van der Waals surface area (Å²) in [4.78, 5) is 4.17. The smallest absolute Gasteiger partial charge is 0.161 e. The van der Waals surface area contributed by atoms with Crippen molar-refractivity contribution in [2.45, 2.75) is 25.9 Å². The Labute approximate surface area is 125 Å². The van der Waals surface area contributed by atoms with Crippen molar-refractivity contribution in [3.8, 4) is 11.5 Å². The highest BCUT2D eigenvalue weighted by atomic mass is 16.6. The van der Waals surface area contributed by atoms with Crippen LogP contribution in [0, 0.1) is 0 Å². The molecule has 4 heteroatoms. The molecule has 110 valence electrons. The lowest BCUT2D eigenvalue weighted by molar-refractivity contribution is 0.171. The molecule has 2 unspecified atom stereocenters. The van der Waals surface area contributed by atoms with E-state index in [9.17, 15) is 0 Å². The van der Waals surface area contributed by atoms with E-state index in [1.54, 1.807) is 6.20 Å². The van der Waals surface area contributed by atoms with Gasteiger partial charge in [-0.25, -0.2) is 0 Å². The summed E-state index contributed by atoms with van der Waals surface area (Å²) in [5, 5.41) is 3.58. The first-order chi connectivity index (χ1) is 10.2. The van der Waals surface area contributed by atoms with E-state index in [-0.39, 0.29) is 12.1 Å². The molecule has 4 nitrogen and oxygen atoms in total. The van der Waals surface area contributed by atoms with Gasteiger partial charge in [0, 0.05) is 24.5 Å². The minimum atomic E-state index is 0.219. The molecule has 1 aliphatic rings. The van der Waals surface area contributed by atoms with Crippen molar-refractivity contribution >= 4 is 0 Å².